The van der Waals surface area contributed by atoms with Gasteiger partial charge in [-0.05, 0) is 44.3 Å². The molecule has 9 atom stereocenters. The maximum atomic E-state index is 17.3. The molecule has 3 unspecified atom stereocenters. The van der Waals surface area contributed by atoms with Crippen LogP contribution in [0.1, 0.15) is 46.5 Å². The number of alkyl halides is 2. The molecule has 7 nitrogen and oxygen atoms in total. The third kappa shape index (κ3) is 2.91. The van der Waals surface area contributed by atoms with Crippen molar-refractivity contribution in [3.05, 3.63) is 23.8 Å². The summed E-state index contributed by atoms with van der Waals surface area (Å²) < 4.78 is 22.9. The van der Waals surface area contributed by atoms with Gasteiger partial charge in [-0.3, -0.25) is 14.4 Å². The van der Waals surface area contributed by atoms with Crippen molar-refractivity contribution in [1.82, 2.24) is 0 Å². The van der Waals surface area contributed by atoms with Crippen LogP contribution in [-0.2, 0) is 19.1 Å². The number of hydrogen-bond acceptors (Lipinski definition) is 7. The van der Waals surface area contributed by atoms with Crippen LogP contribution in [0.3, 0.4) is 0 Å². The van der Waals surface area contributed by atoms with E-state index in [1.807, 2.05) is 0 Å². The lowest BCUT2D eigenvalue weighted by atomic mass is 9.44. The Morgan fingerprint density at radius 1 is 1.27 bits per heavy atom. The van der Waals surface area contributed by atoms with E-state index in [4.69, 9.17) is 4.74 Å². The Morgan fingerprint density at radius 3 is 2.55 bits per heavy atom. The lowest BCUT2D eigenvalue weighted by Crippen LogP contribution is -2.72. The Kier molecular flexibility index (Phi) is 5.84. The van der Waals surface area contributed by atoms with Gasteiger partial charge in [-0.1, -0.05) is 41.4 Å². The van der Waals surface area contributed by atoms with Gasteiger partial charge in [-0.2, -0.15) is 0 Å². The van der Waals surface area contributed by atoms with Crippen LogP contribution in [-0.4, -0.2) is 67.8 Å². The maximum absolute atomic E-state index is 17.3. The van der Waals surface area contributed by atoms with Crippen molar-refractivity contribution < 1.29 is 38.8 Å². The quantitative estimate of drug-likeness (QED) is 0.376. The molecule has 0 aromatic rings. The number of rotatable bonds is 4. The van der Waals surface area contributed by atoms with E-state index in [2.05, 4.69) is 15.9 Å². The number of fused-ring (bicyclic) bond motifs is 5. The molecule has 0 radical (unpaired) electrons. The molecule has 3 saturated carbocycles. The van der Waals surface area contributed by atoms with E-state index in [9.17, 15) is 29.7 Å². The van der Waals surface area contributed by atoms with Crippen molar-refractivity contribution in [2.45, 2.75) is 74.8 Å². The summed E-state index contributed by atoms with van der Waals surface area (Å²) in [4.78, 5) is 36.9. The fourth-order valence-electron chi connectivity index (χ4n) is 7.26. The van der Waals surface area contributed by atoms with E-state index < -0.39 is 69.3 Å². The Bertz CT molecular complexity index is 964. The van der Waals surface area contributed by atoms with Crippen molar-refractivity contribution in [2.75, 3.05) is 6.61 Å². The predicted molar refractivity (Wildman–Crippen MR) is 119 cm³/mol. The van der Waals surface area contributed by atoms with E-state index in [1.165, 1.54) is 18.2 Å². The van der Waals surface area contributed by atoms with Crippen LogP contribution in [0.4, 0.5) is 4.39 Å². The number of carbonyl (C=O) groups excluding carboxylic acids is 3. The van der Waals surface area contributed by atoms with E-state index in [0.29, 0.717) is 12.0 Å². The summed E-state index contributed by atoms with van der Waals surface area (Å²) in [6.45, 7) is 3.87. The van der Waals surface area contributed by atoms with Gasteiger partial charge in [0, 0.05) is 28.0 Å². The van der Waals surface area contributed by atoms with Gasteiger partial charge in [0.15, 0.2) is 11.5 Å². The fraction of sp³-hybridized carbons (Fsp3) is 0.708. The number of aliphatic hydroxyl groups is 3. The molecule has 3 fully saturated rings. The highest BCUT2D eigenvalue weighted by molar-refractivity contribution is 9.09. The summed E-state index contributed by atoms with van der Waals surface area (Å²) in [5.74, 6) is -3.36. The number of halogens is 2. The minimum Gasteiger partial charge on any atom is -0.448 e. The average molecular weight is 529 g/mol. The predicted octanol–water partition coefficient (Wildman–Crippen LogP) is 1.95. The topological polar surface area (TPSA) is 121 Å². The summed E-state index contributed by atoms with van der Waals surface area (Å²) in [6.07, 6.45) is 1.15. The van der Waals surface area contributed by atoms with Gasteiger partial charge in [0.25, 0.3) is 0 Å². The number of Topliss-reactive ketones (excluding diaryl/α,β-unsaturated/α-hetero) is 1. The normalized spacial score (nSPS) is 48.4. The van der Waals surface area contributed by atoms with Crippen LogP contribution < -0.4 is 0 Å². The van der Waals surface area contributed by atoms with E-state index in [-0.39, 0.29) is 25.0 Å². The molecule has 4 aliphatic rings. The largest absolute Gasteiger partial charge is 0.448 e. The molecule has 4 aliphatic carbocycles. The first-order chi connectivity index (χ1) is 15.3. The number of allylic oxidation sites excluding steroid dienone is 4. The zero-order valence-corrected chi connectivity index (χ0v) is 20.5. The minimum absolute atomic E-state index is 0.0395. The number of esters is 1. The van der Waals surface area contributed by atoms with Crippen LogP contribution in [0.25, 0.3) is 0 Å². The lowest BCUT2D eigenvalue weighted by Gasteiger charge is -2.63. The Hall–Kier alpha value is -1.42. The monoisotopic (exact) mass is 528 g/mol. The fourth-order valence-corrected chi connectivity index (χ4v) is 8.37. The van der Waals surface area contributed by atoms with Crippen molar-refractivity contribution >= 4 is 33.5 Å². The smallest absolute Gasteiger partial charge is 0.306 e. The van der Waals surface area contributed by atoms with Gasteiger partial charge in [-0.25, -0.2) is 4.39 Å². The summed E-state index contributed by atoms with van der Waals surface area (Å²) in [7, 11) is 0. The second kappa shape index (κ2) is 7.80. The highest BCUT2D eigenvalue weighted by Gasteiger charge is 2.79. The molecule has 0 aliphatic heterocycles. The first-order valence-electron chi connectivity index (χ1n) is 11.3. The number of carbonyl (C=O) groups is 3. The Labute approximate surface area is 200 Å². The maximum Gasteiger partial charge on any atom is 0.306 e. The van der Waals surface area contributed by atoms with Crippen molar-refractivity contribution in [3.63, 3.8) is 0 Å². The first kappa shape index (κ1) is 24.7. The minimum atomic E-state index is -2.21. The highest BCUT2D eigenvalue weighted by Crippen LogP contribution is 2.71. The van der Waals surface area contributed by atoms with Crippen LogP contribution in [0.2, 0.25) is 0 Å². The Balaban J connectivity index is 1.89. The number of hydrogen-bond donors (Lipinski definition) is 3. The number of ketones is 2. The molecule has 0 aromatic heterocycles. The molecule has 0 saturated heterocycles. The van der Waals surface area contributed by atoms with Gasteiger partial charge in [-0.15, -0.1) is 0 Å². The van der Waals surface area contributed by atoms with Crippen molar-refractivity contribution in [3.8, 4) is 0 Å². The molecule has 0 heterocycles. The van der Waals surface area contributed by atoms with Gasteiger partial charge in [0.2, 0.25) is 11.4 Å². The first-order valence-corrected chi connectivity index (χ1v) is 12.2. The summed E-state index contributed by atoms with van der Waals surface area (Å²) in [5.41, 5.74) is -6.31. The molecule has 182 valence electrons. The lowest BCUT2D eigenvalue weighted by molar-refractivity contribution is -0.230. The van der Waals surface area contributed by atoms with E-state index in [1.54, 1.807) is 20.8 Å². The van der Waals surface area contributed by atoms with Crippen molar-refractivity contribution in [2.24, 2.45) is 22.7 Å². The van der Waals surface area contributed by atoms with E-state index >= 15 is 4.39 Å². The van der Waals surface area contributed by atoms with Gasteiger partial charge in [0.05, 0.1) is 6.10 Å². The molecular weight excluding hydrogens is 499 g/mol. The highest BCUT2D eigenvalue weighted by atomic mass is 79.9. The number of aliphatic hydroxyl groups excluding tert-OH is 3. The molecule has 0 amide bonds. The number of ether oxygens (including phenoxy) is 1. The molecule has 3 N–H and O–H groups in total. The van der Waals surface area contributed by atoms with Crippen LogP contribution in [0.5, 0.6) is 0 Å². The van der Waals surface area contributed by atoms with Gasteiger partial charge in [0.1, 0.15) is 12.7 Å². The van der Waals surface area contributed by atoms with Crippen LogP contribution in [0, 0.1) is 22.7 Å². The standard InChI is InChI=1S/C24H30BrFO7/c1-4-19(32)33-24(18(31)11-27)16(29)9-14-20-15(25)8-12-7-13(28)5-6-21(12,2)23(20,26)17(30)10-22(14,24)3/h5-7,14-17,20,27,29-30H,4,8-11H2,1-3H3/t14-,15?,16?,17?,20+,21-,22-,23+,24-/m0/s1. The zero-order valence-electron chi connectivity index (χ0n) is 18.9. The molecule has 4 rings (SSSR count). The third-order valence-electron chi connectivity index (χ3n) is 8.92. The molecule has 0 spiro atoms. The average Bonchev–Trinajstić information content (AvgIpc) is 2.96. The second-order valence-electron chi connectivity index (χ2n) is 10.3. The molecule has 9 heteroatoms. The molecule has 0 aromatic carbocycles. The van der Waals surface area contributed by atoms with Crippen molar-refractivity contribution in [1.29, 1.82) is 0 Å². The summed E-state index contributed by atoms with van der Waals surface area (Å²) in [6, 6.07) is 0. The zero-order chi connectivity index (χ0) is 24.6. The van der Waals surface area contributed by atoms with E-state index in [0.717, 1.165) is 0 Å². The van der Waals surface area contributed by atoms with Crippen LogP contribution >= 0.6 is 15.9 Å². The third-order valence-corrected chi connectivity index (χ3v) is 9.81. The summed E-state index contributed by atoms with van der Waals surface area (Å²) in [5, 5.41) is 32.3. The molecule has 33 heavy (non-hydrogen) atoms. The van der Waals surface area contributed by atoms with Gasteiger partial charge >= 0.3 is 5.97 Å². The second-order valence-corrected chi connectivity index (χ2v) is 11.4. The van der Waals surface area contributed by atoms with Crippen LogP contribution in [0.15, 0.2) is 23.8 Å². The van der Waals surface area contributed by atoms with Gasteiger partial charge < -0.3 is 20.1 Å². The molecular formula is C24H30BrFO7. The summed E-state index contributed by atoms with van der Waals surface area (Å²) >= 11 is 3.58. The Morgan fingerprint density at radius 2 is 1.94 bits per heavy atom. The molecule has 0 bridgehead atoms. The SMILES string of the molecule is CCC(=O)O[C@]1(C(=O)CO)C(O)C[C@H]2[C@@H]3C(Br)CC4=CC(=O)C=C[C@]4(C)[C@@]3(F)C(O)C[C@@]21C.